The average molecular weight is 316 g/mol. The number of hydrogen-bond donors (Lipinski definition) is 1. The number of methoxy groups -OCH3 is 1. The maximum Gasteiger partial charge on any atom is 0.213 e. The third-order valence-corrected chi connectivity index (χ3v) is 5.32. The molecule has 1 saturated heterocycles. The zero-order valence-corrected chi connectivity index (χ0v) is 13.2. The standard InChI is InChI=1S/C17H21FN4O/c1-23-16-3-2-15-17(21-16)11(13(18)7-20-15)4-5-22-8-10-6-14(19)12(10)9-22/h2-3,7,10,12,14H,4-6,8-9,19H2,1H3/t10?,12?,14-/m0/s1. The van der Waals surface area contributed by atoms with Crippen molar-refractivity contribution in [2.24, 2.45) is 17.6 Å². The molecule has 2 aromatic heterocycles. The Kier molecular flexibility index (Phi) is 3.66. The molecule has 0 aromatic carbocycles. The van der Waals surface area contributed by atoms with Gasteiger partial charge in [-0.25, -0.2) is 9.37 Å². The number of ether oxygens (including phenoxy) is 1. The molecule has 2 N–H and O–H groups in total. The zero-order chi connectivity index (χ0) is 16.0. The highest BCUT2D eigenvalue weighted by atomic mass is 19.1. The lowest BCUT2D eigenvalue weighted by Gasteiger charge is -2.36. The molecule has 0 radical (unpaired) electrons. The summed E-state index contributed by atoms with van der Waals surface area (Å²) in [5, 5.41) is 0. The fourth-order valence-electron chi connectivity index (χ4n) is 3.93. The van der Waals surface area contributed by atoms with Gasteiger partial charge in [0, 0.05) is 37.3 Å². The van der Waals surface area contributed by atoms with Crippen molar-refractivity contribution in [3.8, 4) is 5.88 Å². The van der Waals surface area contributed by atoms with E-state index < -0.39 is 0 Å². The molecule has 2 fully saturated rings. The van der Waals surface area contributed by atoms with E-state index in [1.807, 2.05) is 6.07 Å². The first-order valence-electron chi connectivity index (χ1n) is 8.11. The average Bonchev–Trinajstić information content (AvgIpc) is 2.90. The van der Waals surface area contributed by atoms with Gasteiger partial charge in [0.05, 0.1) is 24.3 Å². The van der Waals surface area contributed by atoms with Crippen LogP contribution >= 0.6 is 0 Å². The molecular formula is C17H21FN4O. The monoisotopic (exact) mass is 316 g/mol. The van der Waals surface area contributed by atoms with Gasteiger partial charge in [0.1, 0.15) is 5.82 Å². The minimum Gasteiger partial charge on any atom is -0.481 e. The van der Waals surface area contributed by atoms with Crippen molar-refractivity contribution in [2.45, 2.75) is 18.9 Å². The summed E-state index contributed by atoms with van der Waals surface area (Å²) in [6.07, 6.45) is 3.04. The third-order valence-electron chi connectivity index (χ3n) is 5.32. The molecule has 3 atom stereocenters. The van der Waals surface area contributed by atoms with Crippen molar-refractivity contribution >= 4 is 11.0 Å². The van der Waals surface area contributed by atoms with E-state index in [-0.39, 0.29) is 5.82 Å². The summed E-state index contributed by atoms with van der Waals surface area (Å²) in [5.74, 6) is 1.56. The van der Waals surface area contributed by atoms with Gasteiger partial charge in [-0.15, -0.1) is 0 Å². The number of aromatic nitrogens is 2. The van der Waals surface area contributed by atoms with E-state index in [0.717, 1.165) is 32.0 Å². The van der Waals surface area contributed by atoms with Gasteiger partial charge in [-0.3, -0.25) is 4.98 Å². The Labute approximate surface area is 134 Å². The minimum atomic E-state index is -0.294. The molecule has 4 rings (SSSR count). The second-order valence-corrected chi connectivity index (χ2v) is 6.64. The third kappa shape index (κ3) is 2.56. The van der Waals surface area contributed by atoms with Crippen LogP contribution in [0.3, 0.4) is 0 Å². The molecule has 0 amide bonds. The van der Waals surface area contributed by atoms with Crippen LogP contribution in [-0.2, 0) is 6.42 Å². The molecular weight excluding hydrogens is 295 g/mol. The summed E-state index contributed by atoms with van der Waals surface area (Å²) in [6, 6.07) is 3.92. The van der Waals surface area contributed by atoms with Crippen LogP contribution in [0.5, 0.6) is 5.88 Å². The molecule has 1 aliphatic carbocycles. The first-order valence-corrected chi connectivity index (χ1v) is 8.11. The van der Waals surface area contributed by atoms with Crippen LogP contribution in [0.2, 0.25) is 0 Å². The van der Waals surface area contributed by atoms with E-state index in [1.165, 1.54) is 6.20 Å². The van der Waals surface area contributed by atoms with Gasteiger partial charge in [-0.2, -0.15) is 0 Å². The van der Waals surface area contributed by atoms with Crippen molar-refractivity contribution in [2.75, 3.05) is 26.7 Å². The Hall–Kier alpha value is -1.79. The first kappa shape index (κ1) is 14.8. The summed E-state index contributed by atoms with van der Waals surface area (Å²) >= 11 is 0. The van der Waals surface area contributed by atoms with Crippen molar-refractivity contribution in [1.29, 1.82) is 0 Å². The van der Waals surface area contributed by atoms with Crippen LogP contribution in [-0.4, -0.2) is 47.7 Å². The van der Waals surface area contributed by atoms with Crippen LogP contribution in [0.25, 0.3) is 11.0 Å². The van der Waals surface area contributed by atoms with E-state index in [0.29, 0.717) is 40.9 Å². The topological polar surface area (TPSA) is 64.3 Å². The zero-order valence-electron chi connectivity index (χ0n) is 13.2. The van der Waals surface area contributed by atoms with E-state index in [9.17, 15) is 4.39 Å². The Morgan fingerprint density at radius 1 is 1.39 bits per heavy atom. The number of nitrogens with zero attached hydrogens (tertiary/aromatic N) is 3. The van der Waals surface area contributed by atoms with Crippen LogP contribution < -0.4 is 10.5 Å². The van der Waals surface area contributed by atoms with E-state index >= 15 is 0 Å². The lowest BCUT2D eigenvalue weighted by Crippen LogP contribution is -2.46. The van der Waals surface area contributed by atoms with E-state index in [4.69, 9.17) is 10.5 Å². The van der Waals surface area contributed by atoms with Crippen molar-refractivity contribution in [3.05, 3.63) is 29.7 Å². The molecule has 0 bridgehead atoms. The molecule has 6 heteroatoms. The van der Waals surface area contributed by atoms with Gasteiger partial charge in [-0.05, 0) is 30.7 Å². The van der Waals surface area contributed by atoms with Crippen LogP contribution in [0, 0.1) is 17.7 Å². The second kappa shape index (κ2) is 5.69. The lowest BCUT2D eigenvalue weighted by molar-refractivity contribution is 0.194. The van der Waals surface area contributed by atoms with Crippen molar-refractivity contribution in [1.82, 2.24) is 14.9 Å². The van der Waals surface area contributed by atoms with Gasteiger partial charge in [0.2, 0.25) is 5.88 Å². The maximum atomic E-state index is 14.3. The SMILES string of the molecule is COc1ccc2ncc(F)c(CCN3CC4C[C@H](N)C4C3)c2n1. The highest BCUT2D eigenvalue weighted by Crippen LogP contribution is 2.39. The Bertz CT molecular complexity index is 738. The van der Waals surface area contributed by atoms with Gasteiger partial charge in [-0.1, -0.05) is 0 Å². The summed E-state index contributed by atoms with van der Waals surface area (Å²) in [7, 11) is 1.56. The Morgan fingerprint density at radius 3 is 3.00 bits per heavy atom. The minimum absolute atomic E-state index is 0.294. The molecule has 3 heterocycles. The van der Waals surface area contributed by atoms with Gasteiger partial charge >= 0.3 is 0 Å². The number of fused-ring (bicyclic) bond motifs is 2. The molecule has 2 aromatic rings. The predicted octanol–water partition coefficient (Wildman–Crippen LogP) is 1.60. The second-order valence-electron chi connectivity index (χ2n) is 6.64. The highest BCUT2D eigenvalue weighted by molar-refractivity contribution is 5.78. The van der Waals surface area contributed by atoms with Gasteiger partial charge in [0.15, 0.2) is 0 Å². The van der Waals surface area contributed by atoms with Gasteiger partial charge < -0.3 is 15.4 Å². The van der Waals surface area contributed by atoms with E-state index in [1.54, 1.807) is 13.2 Å². The number of pyridine rings is 2. The molecule has 2 unspecified atom stereocenters. The first-order chi connectivity index (χ1) is 11.2. The molecule has 2 aliphatic rings. The maximum absolute atomic E-state index is 14.3. The van der Waals surface area contributed by atoms with Crippen LogP contribution in [0.4, 0.5) is 4.39 Å². The fourth-order valence-corrected chi connectivity index (χ4v) is 3.93. The number of hydrogen-bond acceptors (Lipinski definition) is 5. The largest absolute Gasteiger partial charge is 0.481 e. The Balaban J connectivity index is 1.55. The fraction of sp³-hybridized carbons (Fsp3) is 0.529. The number of likely N-dealkylation sites (tertiary alicyclic amines) is 1. The molecule has 23 heavy (non-hydrogen) atoms. The summed E-state index contributed by atoms with van der Waals surface area (Å²) in [4.78, 5) is 10.9. The van der Waals surface area contributed by atoms with Crippen LogP contribution in [0.1, 0.15) is 12.0 Å². The molecule has 0 spiro atoms. The van der Waals surface area contributed by atoms with Crippen LogP contribution in [0.15, 0.2) is 18.3 Å². The molecule has 5 nitrogen and oxygen atoms in total. The lowest BCUT2D eigenvalue weighted by atomic mass is 9.72. The summed E-state index contributed by atoms with van der Waals surface area (Å²) < 4.78 is 19.4. The summed E-state index contributed by atoms with van der Waals surface area (Å²) in [6.45, 7) is 2.95. The predicted molar refractivity (Wildman–Crippen MR) is 85.8 cm³/mol. The Morgan fingerprint density at radius 2 is 2.26 bits per heavy atom. The normalized spacial score (nSPS) is 27.0. The highest BCUT2D eigenvalue weighted by Gasteiger charge is 2.44. The van der Waals surface area contributed by atoms with Crippen molar-refractivity contribution in [3.63, 3.8) is 0 Å². The molecule has 122 valence electrons. The number of halogens is 1. The number of rotatable bonds is 4. The quantitative estimate of drug-likeness (QED) is 0.928. The molecule has 1 saturated carbocycles. The molecule has 1 aliphatic heterocycles. The summed E-state index contributed by atoms with van der Waals surface area (Å²) in [5.41, 5.74) is 7.97. The number of nitrogens with two attached hydrogens (primary N) is 1. The van der Waals surface area contributed by atoms with E-state index in [2.05, 4.69) is 14.9 Å². The van der Waals surface area contributed by atoms with Gasteiger partial charge in [0.25, 0.3) is 0 Å². The smallest absolute Gasteiger partial charge is 0.213 e. The van der Waals surface area contributed by atoms with Crippen molar-refractivity contribution < 1.29 is 9.13 Å².